The summed E-state index contributed by atoms with van der Waals surface area (Å²) in [6, 6.07) is 7.51. The van der Waals surface area contributed by atoms with E-state index in [2.05, 4.69) is 26.1 Å². The summed E-state index contributed by atoms with van der Waals surface area (Å²) in [4.78, 5) is 12.6. The molecule has 5 heterocycles. The van der Waals surface area contributed by atoms with Crippen LogP contribution in [0.1, 0.15) is 11.3 Å². The first-order chi connectivity index (χ1) is 14.4. The average Bonchev–Trinajstić information content (AvgIpc) is 3.43. The van der Waals surface area contributed by atoms with E-state index in [0.29, 0.717) is 4.21 Å². The maximum absolute atomic E-state index is 12.9. The summed E-state index contributed by atoms with van der Waals surface area (Å²) >= 11 is 1.25. The molecule has 4 aromatic rings. The molecule has 1 N–H and O–H groups in total. The fourth-order valence-corrected chi connectivity index (χ4v) is 6.79. The topological polar surface area (TPSA) is 121 Å². The van der Waals surface area contributed by atoms with Crippen LogP contribution in [-0.4, -0.2) is 50.5 Å². The van der Waals surface area contributed by atoms with Crippen LogP contribution in [0.15, 0.2) is 47.3 Å². The molecule has 0 aliphatic carbocycles. The number of H-pyrrole nitrogens is 1. The van der Waals surface area contributed by atoms with E-state index >= 15 is 0 Å². The van der Waals surface area contributed by atoms with Gasteiger partial charge in [-0.15, -0.1) is 11.3 Å². The lowest BCUT2D eigenvalue weighted by atomic mass is 9.89. The molecule has 30 heavy (non-hydrogen) atoms. The van der Waals surface area contributed by atoms with Crippen LogP contribution >= 0.6 is 11.3 Å². The molecule has 0 aromatic carbocycles. The number of nitriles is 1. The molecule has 11 heteroatoms. The number of aromatic amines is 1. The number of nitrogens with zero attached hydrogens (tertiary/aromatic N) is 6. The van der Waals surface area contributed by atoms with Crippen molar-refractivity contribution in [2.24, 2.45) is 0 Å². The van der Waals surface area contributed by atoms with Gasteiger partial charge < -0.3 is 4.98 Å². The minimum atomic E-state index is -3.57. The number of nitrogens with one attached hydrogen (secondary N) is 1. The first kappa shape index (κ1) is 18.9. The number of aryl methyl sites for hydroxylation is 1. The van der Waals surface area contributed by atoms with E-state index in [-0.39, 0.29) is 19.5 Å². The molecule has 0 spiro atoms. The van der Waals surface area contributed by atoms with E-state index in [9.17, 15) is 13.7 Å². The third kappa shape index (κ3) is 2.84. The minimum Gasteiger partial charge on any atom is -0.346 e. The summed E-state index contributed by atoms with van der Waals surface area (Å²) in [6.45, 7) is 2.27. The Bertz CT molecular complexity index is 1390. The Kier molecular flexibility index (Phi) is 4.25. The van der Waals surface area contributed by atoms with Crippen molar-refractivity contribution in [3.05, 3.63) is 48.0 Å². The maximum Gasteiger partial charge on any atom is 0.252 e. The van der Waals surface area contributed by atoms with Crippen LogP contribution in [0.2, 0.25) is 0 Å². The molecular weight excluding hydrogens is 422 g/mol. The second-order valence-electron chi connectivity index (χ2n) is 7.33. The molecule has 152 valence electrons. The summed E-state index contributed by atoms with van der Waals surface area (Å²) in [5.41, 5.74) is 1.55. The van der Waals surface area contributed by atoms with Gasteiger partial charge >= 0.3 is 0 Å². The third-order valence-corrected chi connectivity index (χ3v) is 8.62. The molecule has 5 rings (SSSR count). The lowest BCUT2D eigenvalue weighted by Gasteiger charge is -2.47. The van der Waals surface area contributed by atoms with Gasteiger partial charge in [-0.1, -0.05) is 0 Å². The molecular formula is C19H17N7O2S2. The molecule has 1 aliphatic rings. The predicted molar refractivity (Wildman–Crippen MR) is 111 cm³/mol. The first-order valence-electron chi connectivity index (χ1n) is 9.20. The molecule has 0 unspecified atom stereocenters. The fourth-order valence-electron chi connectivity index (χ4n) is 3.75. The van der Waals surface area contributed by atoms with E-state index in [4.69, 9.17) is 0 Å². The van der Waals surface area contributed by atoms with E-state index in [1.165, 1.54) is 22.0 Å². The van der Waals surface area contributed by atoms with Crippen LogP contribution in [0.5, 0.6) is 0 Å². The van der Waals surface area contributed by atoms with Gasteiger partial charge in [0.05, 0.1) is 24.4 Å². The molecule has 9 nitrogen and oxygen atoms in total. The van der Waals surface area contributed by atoms with Gasteiger partial charge in [0.25, 0.3) is 10.0 Å². The highest BCUT2D eigenvalue weighted by atomic mass is 32.2. The molecule has 0 radical (unpaired) electrons. The maximum atomic E-state index is 12.9. The van der Waals surface area contributed by atoms with E-state index in [0.717, 1.165) is 27.2 Å². The largest absolute Gasteiger partial charge is 0.346 e. The van der Waals surface area contributed by atoms with Gasteiger partial charge in [-0.3, -0.25) is 4.68 Å². The highest BCUT2D eigenvalue weighted by Crippen LogP contribution is 2.38. The van der Waals surface area contributed by atoms with Gasteiger partial charge in [0.15, 0.2) is 0 Å². The van der Waals surface area contributed by atoms with Crippen molar-refractivity contribution < 1.29 is 8.42 Å². The fraction of sp³-hybridized carbons (Fsp3) is 0.263. The van der Waals surface area contributed by atoms with E-state index < -0.39 is 15.6 Å². The van der Waals surface area contributed by atoms with Gasteiger partial charge in [0.1, 0.15) is 21.7 Å². The summed E-state index contributed by atoms with van der Waals surface area (Å²) in [5, 5.41) is 14.7. The first-order valence-corrected chi connectivity index (χ1v) is 11.5. The second kappa shape index (κ2) is 6.73. The second-order valence-corrected chi connectivity index (χ2v) is 10.8. The predicted octanol–water partition coefficient (Wildman–Crippen LogP) is 2.50. The summed E-state index contributed by atoms with van der Waals surface area (Å²) < 4.78 is 29.2. The van der Waals surface area contributed by atoms with Crippen molar-refractivity contribution in [2.45, 2.75) is 23.1 Å². The van der Waals surface area contributed by atoms with Gasteiger partial charge in [0.2, 0.25) is 0 Å². The minimum absolute atomic E-state index is 0.160. The zero-order chi connectivity index (χ0) is 20.9. The SMILES string of the molecule is Cc1ccc(S(=O)(=O)N2CC(CC#N)(n3cc(-c4ncnc5[nH]ccc45)cn3)C2)s1. The smallest absolute Gasteiger partial charge is 0.252 e. The van der Waals surface area contributed by atoms with Crippen molar-refractivity contribution in [1.29, 1.82) is 5.26 Å². The monoisotopic (exact) mass is 439 g/mol. The highest BCUT2D eigenvalue weighted by Gasteiger charge is 2.51. The van der Waals surface area contributed by atoms with Crippen molar-refractivity contribution in [3.63, 3.8) is 0 Å². The lowest BCUT2D eigenvalue weighted by molar-refractivity contribution is 0.0719. The summed E-state index contributed by atoms with van der Waals surface area (Å²) in [7, 11) is -3.57. The zero-order valence-electron chi connectivity index (χ0n) is 16.0. The third-order valence-electron chi connectivity index (χ3n) is 5.36. The van der Waals surface area contributed by atoms with Crippen molar-refractivity contribution in [2.75, 3.05) is 13.1 Å². The van der Waals surface area contributed by atoms with Gasteiger partial charge in [0, 0.05) is 41.3 Å². The van der Waals surface area contributed by atoms with Crippen LogP contribution in [0.4, 0.5) is 0 Å². The average molecular weight is 440 g/mol. The molecule has 0 saturated carbocycles. The zero-order valence-corrected chi connectivity index (χ0v) is 17.6. The Morgan fingerprint density at radius 3 is 2.87 bits per heavy atom. The number of rotatable bonds is 5. The molecule has 4 aromatic heterocycles. The van der Waals surface area contributed by atoms with E-state index in [1.54, 1.807) is 29.2 Å². The number of thiophene rings is 1. The van der Waals surface area contributed by atoms with Crippen LogP contribution in [-0.2, 0) is 15.6 Å². The number of fused-ring (bicyclic) bond motifs is 1. The van der Waals surface area contributed by atoms with Gasteiger partial charge in [-0.2, -0.15) is 14.7 Å². The van der Waals surface area contributed by atoms with Crippen LogP contribution < -0.4 is 0 Å². The Morgan fingerprint density at radius 2 is 2.13 bits per heavy atom. The molecule has 0 bridgehead atoms. The normalized spacial score (nSPS) is 16.4. The van der Waals surface area contributed by atoms with Crippen molar-refractivity contribution in [1.82, 2.24) is 29.0 Å². The van der Waals surface area contributed by atoms with Crippen LogP contribution in [0, 0.1) is 18.3 Å². The quantitative estimate of drug-likeness (QED) is 0.510. The lowest BCUT2D eigenvalue weighted by Crippen LogP contribution is -2.64. The Labute approximate surface area is 176 Å². The number of aromatic nitrogens is 5. The van der Waals surface area contributed by atoms with Crippen LogP contribution in [0.3, 0.4) is 0 Å². The van der Waals surface area contributed by atoms with Crippen molar-refractivity contribution >= 4 is 32.4 Å². The van der Waals surface area contributed by atoms with Crippen LogP contribution in [0.25, 0.3) is 22.3 Å². The number of sulfonamides is 1. The molecule has 0 amide bonds. The summed E-state index contributed by atoms with van der Waals surface area (Å²) in [6.07, 6.45) is 6.95. The number of hydrogen-bond donors (Lipinski definition) is 1. The van der Waals surface area contributed by atoms with E-state index in [1.807, 2.05) is 19.2 Å². The molecule has 1 aliphatic heterocycles. The van der Waals surface area contributed by atoms with Gasteiger partial charge in [-0.25, -0.2) is 18.4 Å². The van der Waals surface area contributed by atoms with Crippen molar-refractivity contribution in [3.8, 4) is 17.3 Å². The Morgan fingerprint density at radius 1 is 1.30 bits per heavy atom. The molecule has 1 saturated heterocycles. The van der Waals surface area contributed by atoms with Gasteiger partial charge in [-0.05, 0) is 25.1 Å². The standard InChI is InChI=1S/C19H17N7O2S2/c1-13-2-3-16(29-13)30(27,28)25-10-19(11-25,5-6-20)26-9-14(8-24-26)17-15-4-7-21-18(15)23-12-22-17/h2-4,7-9,12H,5,10-11H2,1H3,(H,21,22,23). The number of hydrogen-bond acceptors (Lipinski definition) is 7. The molecule has 0 atom stereocenters. The Hall–Kier alpha value is -3.07. The summed E-state index contributed by atoms with van der Waals surface area (Å²) in [5.74, 6) is 0. The molecule has 1 fully saturated rings. The Balaban J connectivity index is 1.46. The highest BCUT2D eigenvalue weighted by molar-refractivity contribution is 7.91.